The van der Waals surface area contributed by atoms with Gasteiger partial charge in [-0.05, 0) is 44.1 Å². The van der Waals surface area contributed by atoms with Crippen molar-refractivity contribution in [3.8, 4) is 0 Å². The van der Waals surface area contributed by atoms with Crippen LogP contribution in [0.5, 0.6) is 0 Å². The third kappa shape index (κ3) is 22.2. The molecule has 6 atom stereocenters. The van der Waals surface area contributed by atoms with Crippen LogP contribution in [0, 0.1) is 11.8 Å². The van der Waals surface area contributed by atoms with Crippen molar-refractivity contribution in [3.63, 3.8) is 0 Å². The predicted molar refractivity (Wildman–Crippen MR) is 144 cm³/mol. The molecule has 1 fully saturated rings. The van der Waals surface area contributed by atoms with Crippen LogP contribution >= 0.6 is 0 Å². The highest BCUT2D eigenvalue weighted by Gasteiger charge is 2.20. The predicted octanol–water partition coefficient (Wildman–Crippen LogP) is -0.836. The van der Waals surface area contributed by atoms with Crippen molar-refractivity contribution in [1.82, 2.24) is 5.32 Å². The molecule has 15 N–H and O–H groups in total. The van der Waals surface area contributed by atoms with Crippen LogP contribution in [0.2, 0.25) is 0 Å². The molecule has 0 aromatic carbocycles. The molecule has 38 heavy (non-hydrogen) atoms. The number of carbonyl (C=O) groups is 4. The van der Waals surface area contributed by atoms with Gasteiger partial charge in [-0.2, -0.15) is 0 Å². The zero-order valence-electron chi connectivity index (χ0n) is 22.9. The van der Waals surface area contributed by atoms with Crippen molar-refractivity contribution >= 4 is 29.8 Å². The molecular formula is C23H49N7O8. The minimum absolute atomic E-state index is 0.0129. The van der Waals surface area contributed by atoms with E-state index in [0.717, 1.165) is 32.2 Å². The molecule has 1 saturated heterocycles. The molecule has 15 nitrogen and oxygen atoms in total. The Morgan fingerprint density at radius 2 is 1.32 bits per heavy atom. The molecule has 1 rings (SSSR count). The Bertz CT molecular complexity index is 688. The number of rotatable bonds is 12. The number of guanidine groups is 1. The number of hydrogen-bond acceptors (Lipinski definition) is 9. The number of nitrogens with two attached hydrogens (primary N) is 5. The summed E-state index contributed by atoms with van der Waals surface area (Å²) in [5.74, 6) is -3.39. The molecule has 0 spiro atoms. The molecule has 0 saturated carbocycles. The SMILES string of the molecule is CC[C@H](C)[C@H](N)C(=O)O.CC[C@H](C)[C@H](N)C(=O)O.NC(N)=NCCC[C@H](N)C(=O)O.O=C(O)[C@@H]1CCCN1. The van der Waals surface area contributed by atoms with E-state index in [9.17, 15) is 19.2 Å². The maximum atomic E-state index is 10.2. The molecule has 0 radical (unpaired) electrons. The molecule has 1 aliphatic rings. The van der Waals surface area contributed by atoms with Crippen LogP contribution < -0.4 is 34.0 Å². The van der Waals surface area contributed by atoms with Crippen LogP contribution in [0.25, 0.3) is 0 Å². The van der Waals surface area contributed by atoms with Gasteiger partial charge in [0.1, 0.15) is 24.2 Å². The van der Waals surface area contributed by atoms with Gasteiger partial charge in [0.2, 0.25) is 0 Å². The largest absolute Gasteiger partial charge is 0.480 e. The zero-order valence-corrected chi connectivity index (χ0v) is 22.9. The molecular weight excluding hydrogens is 502 g/mol. The van der Waals surface area contributed by atoms with Crippen molar-refractivity contribution in [3.05, 3.63) is 0 Å². The van der Waals surface area contributed by atoms with Crippen molar-refractivity contribution in [2.45, 2.75) is 90.4 Å². The molecule has 0 amide bonds. The summed E-state index contributed by atoms with van der Waals surface area (Å²) in [7, 11) is 0. The maximum Gasteiger partial charge on any atom is 0.320 e. The topological polar surface area (TPSA) is 304 Å². The number of carboxylic acid groups (broad SMARTS) is 4. The highest BCUT2D eigenvalue weighted by Crippen LogP contribution is 2.05. The summed E-state index contributed by atoms with van der Waals surface area (Å²) in [4.78, 5) is 44.4. The van der Waals surface area contributed by atoms with Gasteiger partial charge in [-0.25, -0.2) is 0 Å². The first-order valence-corrected chi connectivity index (χ1v) is 12.5. The summed E-state index contributed by atoms with van der Waals surface area (Å²) < 4.78 is 0. The van der Waals surface area contributed by atoms with E-state index in [2.05, 4.69) is 10.3 Å². The summed E-state index contributed by atoms with van der Waals surface area (Å²) in [6.45, 7) is 8.79. The van der Waals surface area contributed by atoms with Gasteiger partial charge in [-0.1, -0.05) is 40.5 Å². The Morgan fingerprint density at radius 1 is 0.868 bits per heavy atom. The number of nitrogens with one attached hydrogen (secondary N) is 1. The average molecular weight is 552 g/mol. The molecule has 0 aliphatic carbocycles. The highest BCUT2D eigenvalue weighted by atomic mass is 16.4. The zero-order chi connectivity index (χ0) is 30.4. The fourth-order valence-electron chi connectivity index (χ4n) is 2.53. The Morgan fingerprint density at radius 3 is 1.53 bits per heavy atom. The van der Waals surface area contributed by atoms with Gasteiger partial charge >= 0.3 is 23.9 Å². The second-order valence-corrected chi connectivity index (χ2v) is 8.88. The molecule has 0 aromatic rings. The molecule has 224 valence electrons. The maximum absolute atomic E-state index is 10.2. The van der Waals surface area contributed by atoms with Gasteiger partial charge in [0.05, 0.1) is 0 Å². The normalized spacial score (nSPS) is 17.7. The molecule has 1 aliphatic heterocycles. The Hall–Kier alpha value is -3.01. The fourth-order valence-corrected chi connectivity index (χ4v) is 2.53. The van der Waals surface area contributed by atoms with E-state index in [4.69, 9.17) is 49.1 Å². The van der Waals surface area contributed by atoms with Crippen molar-refractivity contribution in [1.29, 1.82) is 0 Å². The average Bonchev–Trinajstić information content (AvgIpc) is 3.41. The van der Waals surface area contributed by atoms with Crippen molar-refractivity contribution in [2.75, 3.05) is 13.1 Å². The first-order valence-electron chi connectivity index (χ1n) is 12.5. The summed E-state index contributed by atoms with van der Waals surface area (Å²) in [6, 6.07) is -2.49. The van der Waals surface area contributed by atoms with E-state index < -0.39 is 42.0 Å². The summed E-state index contributed by atoms with van der Waals surface area (Å²) >= 11 is 0. The van der Waals surface area contributed by atoms with Gasteiger partial charge in [0, 0.05) is 6.54 Å². The lowest BCUT2D eigenvalue weighted by molar-refractivity contribution is -0.140. The number of aliphatic imine (C=N–C) groups is 1. The minimum atomic E-state index is -1.00. The van der Waals surface area contributed by atoms with Gasteiger partial charge in [-0.3, -0.25) is 24.2 Å². The Labute approximate surface area is 224 Å². The van der Waals surface area contributed by atoms with E-state index in [-0.39, 0.29) is 23.8 Å². The summed E-state index contributed by atoms with van der Waals surface area (Å²) in [6.07, 6.45) is 4.37. The van der Waals surface area contributed by atoms with Gasteiger partial charge in [0.25, 0.3) is 0 Å². The molecule has 0 aromatic heterocycles. The number of nitrogens with zero attached hydrogens (tertiary/aromatic N) is 1. The van der Waals surface area contributed by atoms with Gasteiger partial charge in [0.15, 0.2) is 5.96 Å². The Kier molecular flexibility index (Phi) is 24.0. The first kappa shape index (κ1) is 39.5. The first-order chi connectivity index (χ1) is 17.5. The van der Waals surface area contributed by atoms with E-state index in [1.165, 1.54) is 0 Å². The number of hydrogen-bond donors (Lipinski definition) is 10. The van der Waals surface area contributed by atoms with Crippen LogP contribution in [-0.4, -0.2) is 87.5 Å². The van der Waals surface area contributed by atoms with Crippen molar-refractivity contribution in [2.24, 2.45) is 45.5 Å². The summed E-state index contributed by atoms with van der Waals surface area (Å²) in [5, 5.41) is 36.3. The van der Waals surface area contributed by atoms with E-state index in [1.54, 1.807) is 0 Å². The van der Waals surface area contributed by atoms with Crippen molar-refractivity contribution < 1.29 is 39.6 Å². The standard InChI is InChI=1S/C6H14N4O2.2C6H13NO2.C5H9NO2/c7-4(5(11)12)2-1-3-10-6(8)9;2*1-3-4(2)5(7)6(8)9;7-5(8)4-2-1-3-6-4/h4H,1-3,7H2,(H,11,12)(H4,8,9,10);2*4-5H,3,7H2,1-2H3,(H,8,9);4,6H,1-3H2,(H,7,8)/t4-;2*4-,5-;4-/m0000/s1. The molecule has 0 bridgehead atoms. The molecule has 1 heterocycles. The van der Waals surface area contributed by atoms with Crippen LogP contribution in [0.1, 0.15) is 66.2 Å². The monoisotopic (exact) mass is 551 g/mol. The molecule has 0 unspecified atom stereocenters. The van der Waals surface area contributed by atoms with E-state index in [0.29, 0.717) is 19.4 Å². The lowest BCUT2D eigenvalue weighted by atomic mass is 10.0. The van der Waals surface area contributed by atoms with Crippen LogP contribution in [-0.2, 0) is 19.2 Å². The van der Waals surface area contributed by atoms with Gasteiger partial charge < -0.3 is 54.4 Å². The lowest BCUT2D eigenvalue weighted by Crippen LogP contribution is -2.36. The third-order valence-electron chi connectivity index (χ3n) is 5.73. The van der Waals surface area contributed by atoms with Crippen LogP contribution in [0.4, 0.5) is 0 Å². The number of aliphatic carboxylic acids is 4. The fraction of sp³-hybridized carbons (Fsp3) is 0.783. The number of carboxylic acids is 4. The van der Waals surface area contributed by atoms with Crippen LogP contribution in [0.3, 0.4) is 0 Å². The third-order valence-corrected chi connectivity index (χ3v) is 5.73. The smallest absolute Gasteiger partial charge is 0.320 e. The Balaban J connectivity index is -0.000000435. The highest BCUT2D eigenvalue weighted by molar-refractivity contribution is 5.76. The van der Waals surface area contributed by atoms with E-state index >= 15 is 0 Å². The van der Waals surface area contributed by atoms with E-state index in [1.807, 2.05) is 27.7 Å². The summed E-state index contributed by atoms with van der Waals surface area (Å²) in [5.41, 5.74) is 25.9. The quantitative estimate of drug-likeness (QED) is 0.0803. The molecule has 15 heteroatoms. The minimum Gasteiger partial charge on any atom is -0.480 e. The van der Waals surface area contributed by atoms with Crippen LogP contribution in [0.15, 0.2) is 4.99 Å². The van der Waals surface area contributed by atoms with Gasteiger partial charge in [-0.15, -0.1) is 0 Å². The second-order valence-electron chi connectivity index (χ2n) is 8.88. The second kappa shape index (κ2) is 23.1. The lowest BCUT2D eigenvalue weighted by Gasteiger charge is -2.11.